The van der Waals surface area contributed by atoms with E-state index in [9.17, 15) is 13.2 Å². The fourth-order valence-electron chi connectivity index (χ4n) is 4.37. The number of benzene rings is 2. The fourth-order valence-corrected chi connectivity index (χ4v) is 5.84. The molecular weight excluding hydrogens is 422 g/mol. The minimum absolute atomic E-state index is 0.0292. The molecule has 1 aliphatic carbocycles. The molecule has 1 amide bonds. The van der Waals surface area contributed by atoms with Gasteiger partial charge in [-0.1, -0.05) is 55.7 Å². The van der Waals surface area contributed by atoms with E-state index in [2.05, 4.69) is 5.32 Å². The highest BCUT2D eigenvalue weighted by Gasteiger charge is 2.29. The second-order valence-electron chi connectivity index (χ2n) is 8.96. The summed E-state index contributed by atoms with van der Waals surface area (Å²) in [5.41, 5.74) is 1.50. The van der Waals surface area contributed by atoms with Gasteiger partial charge in [0.05, 0.1) is 4.90 Å². The number of hydrogen-bond acceptors (Lipinski definition) is 4. The quantitative estimate of drug-likeness (QED) is 0.625. The molecule has 1 atom stereocenters. The lowest BCUT2D eigenvalue weighted by molar-refractivity contribution is 0.0930. The highest BCUT2D eigenvalue weighted by atomic mass is 32.2. The Morgan fingerprint density at radius 1 is 1.00 bits per heavy atom. The van der Waals surface area contributed by atoms with Crippen LogP contribution >= 0.6 is 0 Å². The molecule has 1 aliphatic rings. The molecule has 0 bridgehead atoms. The first-order valence-electron chi connectivity index (χ1n) is 11.3. The first-order valence-corrected chi connectivity index (χ1v) is 12.8. The number of amides is 1. The second kappa shape index (κ2) is 11.1. The molecule has 1 N–H and O–H groups in total. The van der Waals surface area contributed by atoms with Crippen molar-refractivity contribution in [2.75, 3.05) is 27.7 Å². The predicted molar refractivity (Wildman–Crippen MR) is 128 cm³/mol. The molecule has 0 aromatic heterocycles. The van der Waals surface area contributed by atoms with Crippen LogP contribution in [0.5, 0.6) is 0 Å². The monoisotopic (exact) mass is 457 g/mol. The van der Waals surface area contributed by atoms with Gasteiger partial charge in [0.25, 0.3) is 5.91 Å². The standard InChI is InChI=1S/C25H35N3O3S/c1-27(2)19-22(17-20-11-6-4-7-12-20)26-25(29)21-13-10-16-24(18-21)32(30,31)28(3)23-14-8-5-9-15-23/h4,6-7,10-13,16,18,22-23H,5,8-9,14-15,17,19H2,1-3H3,(H,26,29). The maximum Gasteiger partial charge on any atom is 0.251 e. The van der Waals surface area contributed by atoms with Crippen LogP contribution < -0.4 is 5.32 Å². The molecule has 1 unspecified atom stereocenters. The third-order valence-electron chi connectivity index (χ3n) is 6.11. The van der Waals surface area contributed by atoms with E-state index < -0.39 is 10.0 Å². The van der Waals surface area contributed by atoms with Gasteiger partial charge in [0, 0.05) is 31.2 Å². The average Bonchev–Trinajstić information content (AvgIpc) is 2.79. The molecule has 0 spiro atoms. The molecule has 174 valence electrons. The third-order valence-corrected chi connectivity index (χ3v) is 8.01. The van der Waals surface area contributed by atoms with Gasteiger partial charge in [-0.3, -0.25) is 4.79 Å². The minimum Gasteiger partial charge on any atom is -0.348 e. The van der Waals surface area contributed by atoms with E-state index >= 15 is 0 Å². The molecule has 32 heavy (non-hydrogen) atoms. The predicted octanol–water partition coefficient (Wildman–Crippen LogP) is 3.54. The third kappa shape index (κ3) is 6.40. The molecule has 1 saturated carbocycles. The Labute approximate surface area is 192 Å². The zero-order chi connectivity index (χ0) is 23.1. The van der Waals surface area contributed by atoms with Crippen LogP contribution in [0.3, 0.4) is 0 Å². The normalized spacial score (nSPS) is 16.3. The van der Waals surface area contributed by atoms with Crippen molar-refractivity contribution in [3.8, 4) is 0 Å². The van der Waals surface area contributed by atoms with Crippen LogP contribution in [0.1, 0.15) is 48.0 Å². The van der Waals surface area contributed by atoms with Gasteiger partial charge in [0.15, 0.2) is 0 Å². The zero-order valence-corrected chi connectivity index (χ0v) is 20.1. The molecule has 7 heteroatoms. The SMILES string of the molecule is CN(C)CC(Cc1ccccc1)NC(=O)c1cccc(S(=O)(=O)N(C)C2CCCCC2)c1. The summed E-state index contributed by atoms with van der Waals surface area (Å²) in [6.07, 6.45) is 5.76. The van der Waals surface area contributed by atoms with E-state index in [1.807, 2.05) is 49.3 Å². The van der Waals surface area contributed by atoms with Gasteiger partial charge in [-0.05, 0) is 57.1 Å². The van der Waals surface area contributed by atoms with Crippen molar-refractivity contribution in [3.63, 3.8) is 0 Å². The van der Waals surface area contributed by atoms with Crippen LogP contribution in [0.2, 0.25) is 0 Å². The topological polar surface area (TPSA) is 69.7 Å². The molecule has 2 aromatic rings. The number of likely N-dealkylation sites (N-methyl/N-ethyl adjacent to an activating group) is 1. The van der Waals surface area contributed by atoms with Crippen LogP contribution in [-0.4, -0.2) is 63.3 Å². The Morgan fingerprint density at radius 3 is 2.34 bits per heavy atom. The molecule has 1 fully saturated rings. The van der Waals surface area contributed by atoms with Crippen molar-refractivity contribution >= 4 is 15.9 Å². The van der Waals surface area contributed by atoms with Crippen LogP contribution in [0.4, 0.5) is 0 Å². The second-order valence-corrected chi connectivity index (χ2v) is 11.0. The van der Waals surface area contributed by atoms with Gasteiger partial charge < -0.3 is 10.2 Å². The Bertz CT molecular complexity index is 987. The van der Waals surface area contributed by atoms with E-state index in [-0.39, 0.29) is 22.9 Å². The summed E-state index contributed by atoms with van der Waals surface area (Å²) in [6.45, 7) is 0.684. The number of rotatable bonds is 9. The molecule has 0 aliphatic heterocycles. The van der Waals surface area contributed by atoms with Gasteiger partial charge in [0.1, 0.15) is 0 Å². The summed E-state index contributed by atoms with van der Waals surface area (Å²) in [7, 11) is 1.95. The van der Waals surface area contributed by atoms with Gasteiger partial charge in [0.2, 0.25) is 10.0 Å². The lowest BCUT2D eigenvalue weighted by Gasteiger charge is -2.30. The molecule has 3 rings (SSSR count). The smallest absolute Gasteiger partial charge is 0.251 e. The Hall–Kier alpha value is -2.22. The summed E-state index contributed by atoms with van der Waals surface area (Å²) >= 11 is 0. The van der Waals surface area contributed by atoms with Gasteiger partial charge in [-0.25, -0.2) is 8.42 Å². The number of nitrogens with one attached hydrogen (secondary N) is 1. The largest absolute Gasteiger partial charge is 0.348 e. The van der Waals surface area contributed by atoms with Crippen molar-refractivity contribution < 1.29 is 13.2 Å². The lowest BCUT2D eigenvalue weighted by atomic mass is 9.96. The number of nitrogens with zero attached hydrogens (tertiary/aromatic N) is 2. The average molecular weight is 458 g/mol. The van der Waals surface area contributed by atoms with Gasteiger partial charge in [-0.2, -0.15) is 4.31 Å². The van der Waals surface area contributed by atoms with E-state index in [1.54, 1.807) is 25.2 Å². The maximum absolute atomic E-state index is 13.2. The molecule has 0 heterocycles. The Morgan fingerprint density at radius 2 is 1.69 bits per heavy atom. The Balaban J connectivity index is 1.75. The summed E-state index contributed by atoms with van der Waals surface area (Å²) in [6, 6.07) is 16.4. The van der Waals surface area contributed by atoms with Crippen molar-refractivity contribution in [2.45, 2.75) is 55.5 Å². The van der Waals surface area contributed by atoms with E-state index in [0.717, 1.165) is 37.7 Å². The van der Waals surface area contributed by atoms with Crippen molar-refractivity contribution in [2.24, 2.45) is 0 Å². The molecular formula is C25H35N3O3S. The number of carbonyl (C=O) groups excluding carboxylic acids is 1. The number of hydrogen-bond donors (Lipinski definition) is 1. The summed E-state index contributed by atoms with van der Waals surface area (Å²) in [5, 5.41) is 3.10. The number of sulfonamides is 1. The minimum atomic E-state index is -3.65. The number of carbonyl (C=O) groups is 1. The first kappa shape index (κ1) is 24.4. The van der Waals surface area contributed by atoms with Crippen LogP contribution in [0.15, 0.2) is 59.5 Å². The molecule has 0 saturated heterocycles. The van der Waals surface area contributed by atoms with Crippen LogP contribution in [0.25, 0.3) is 0 Å². The van der Waals surface area contributed by atoms with Crippen molar-refractivity contribution in [1.82, 2.24) is 14.5 Å². The van der Waals surface area contributed by atoms with Gasteiger partial charge >= 0.3 is 0 Å². The van der Waals surface area contributed by atoms with Gasteiger partial charge in [-0.15, -0.1) is 0 Å². The van der Waals surface area contributed by atoms with Crippen molar-refractivity contribution in [1.29, 1.82) is 0 Å². The van der Waals surface area contributed by atoms with Crippen LogP contribution in [-0.2, 0) is 16.4 Å². The summed E-state index contributed by atoms with van der Waals surface area (Å²) in [4.78, 5) is 15.2. The van der Waals surface area contributed by atoms with E-state index in [0.29, 0.717) is 18.5 Å². The first-order chi connectivity index (χ1) is 15.3. The highest BCUT2D eigenvalue weighted by molar-refractivity contribution is 7.89. The zero-order valence-electron chi connectivity index (χ0n) is 19.3. The van der Waals surface area contributed by atoms with E-state index in [1.165, 1.54) is 10.4 Å². The summed E-state index contributed by atoms with van der Waals surface area (Å²) < 4.78 is 27.9. The fraction of sp³-hybridized carbons (Fsp3) is 0.480. The highest BCUT2D eigenvalue weighted by Crippen LogP contribution is 2.26. The Kier molecular flexibility index (Phi) is 8.45. The molecule has 6 nitrogen and oxygen atoms in total. The summed E-state index contributed by atoms with van der Waals surface area (Å²) in [5.74, 6) is -0.259. The maximum atomic E-state index is 13.2. The molecule has 2 aromatic carbocycles. The van der Waals surface area contributed by atoms with Crippen LogP contribution in [0, 0.1) is 0 Å². The van der Waals surface area contributed by atoms with Crippen molar-refractivity contribution in [3.05, 3.63) is 65.7 Å². The van der Waals surface area contributed by atoms with E-state index in [4.69, 9.17) is 0 Å². The lowest BCUT2D eigenvalue weighted by Crippen LogP contribution is -2.43. The molecule has 0 radical (unpaired) electrons.